The highest BCUT2D eigenvalue weighted by Gasteiger charge is 2.24. The van der Waals surface area contributed by atoms with Gasteiger partial charge in [-0.3, -0.25) is 9.78 Å². The lowest BCUT2D eigenvalue weighted by molar-refractivity contribution is 0.0745. The molecule has 1 aromatic carbocycles. The summed E-state index contributed by atoms with van der Waals surface area (Å²) in [7, 11) is 0. The van der Waals surface area contributed by atoms with Crippen LogP contribution in [0.4, 0.5) is 5.82 Å². The highest BCUT2D eigenvalue weighted by molar-refractivity contribution is 9.10. The third-order valence-electron chi connectivity index (χ3n) is 4.75. The summed E-state index contributed by atoms with van der Waals surface area (Å²) >= 11 is 3.41. The number of hydrogen-bond donors (Lipinski definition) is 0. The molecule has 0 radical (unpaired) electrons. The van der Waals surface area contributed by atoms with Gasteiger partial charge in [-0.2, -0.15) is 0 Å². The molecule has 6 heteroatoms. The van der Waals surface area contributed by atoms with Gasteiger partial charge in [0, 0.05) is 42.2 Å². The average molecular weight is 411 g/mol. The summed E-state index contributed by atoms with van der Waals surface area (Å²) in [5.74, 6) is 1.01. The molecule has 0 spiro atoms. The summed E-state index contributed by atoms with van der Waals surface area (Å²) in [6, 6.07) is 13.9. The molecule has 0 atom stereocenters. The van der Waals surface area contributed by atoms with Crippen molar-refractivity contribution in [1.82, 2.24) is 14.9 Å². The van der Waals surface area contributed by atoms with E-state index in [9.17, 15) is 4.79 Å². The maximum Gasteiger partial charge on any atom is 0.255 e. The first-order valence-corrected chi connectivity index (χ1v) is 9.43. The van der Waals surface area contributed by atoms with Crippen LogP contribution in [0.1, 0.15) is 16.1 Å². The van der Waals surface area contributed by atoms with Crippen molar-refractivity contribution in [2.45, 2.75) is 6.92 Å². The second-order valence-corrected chi connectivity index (χ2v) is 7.34. The van der Waals surface area contributed by atoms with E-state index in [-0.39, 0.29) is 5.91 Å². The van der Waals surface area contributed by atoms with Crippen LogP contribution < -0.4 is 4.90 Å². The number of amides is 1. The van der Waals surface area contributed by atoms with E-state index in [1.165, 1.54) is 0 Å². The fourth-order valence-electron chi connectivity index (χ4n) is 3.29. The second-order valence-electron chi connectivity index (χ2n) is 6.43. The largest absolute Gasteiger partial charge is 0.353 e. The Morgan fingerprint density at radius 2 is 1.85 bits per heavy atom. The minimum absolute atomic E-state index is 0.0594. The van der Waals surface area contributed by atoms with Crippen LogP contribution in [0.15, 0.2) is 53.1 Å². The number of fused-ring (bicyclic) bond motifs is 1. The predicted molar refractivity (Wildman–Crippen MR) is 107 cm³/mol. The zero-order valence-electron chi connectivity index (χ0n) is 14.5. The molecule has 1 amide bonds. The number of carbonyl (C=O) groups excluding carboxylic acids is 1. The fraction of sp³-hybridized carbons (Fsp3) is 0.250. The topological polar surface area (TPSA) is 49.3 Å². The van der Waals surface area contributed by atoms with Crippen LogP contribution in [0.3, 0.4) is 0 Å². The molecule has 0 aliphatic carbocycles. The standard InChI is InChI=1S/C20H19BrN4O/c1-14-17(12-15-4-2-3-5-18(15)23-14)20(26)25-10-8-24(9-11-25)19-7-6-16(21)13-22-19/h2-7,12-13H,8-11H2,1H3. The van der Waals surface area contributed by atoms with Crippen molar-refractivity contribution in [2.75, 3.05) is 31.1 Å². The Balaban J connectivity index is 1.50. The number of aromatic nitrogens is 2. The molecule has 1 aliphatic heterocycles. The van der Waals surface area contributed by atoms with Gasteiger partial charge in [-0.05, 0) is 47.1 Å². The number of carbonyl (C=O) groups is 1. The summed E-state index contributed by atoms with van der Waals surface area (Å²) in [6.45, 7) is 4.83. The predicted octanol–water partition coefficient (Wildman–Crippen LogP) is 3.66. The molecule has 26 heavy (non-hydrogen) atoms. The van der Waals surface area contributed by atoms with Crippen LogP contribution in [-0.4, -0.2) is 47.0 Å². The summed E-state index contributed by atoms with van der Waals surface area (Å²) in [5.41, 5.74) is 2.40. The van der Waals surface area contributed by atoms with E-state index < -0.39 is 0 Å². The van der Waals surface area contributed by atoms with E-state index in [0.717, 1.165) is 40.0 Å². The van der Waals surface area contributed by atoms with Gasteiger partial charge in [0.05, 0.1) is 16.8 Å². The van der Waals surface area contributed by atoms with Crippen LogP contribution in [0, 0.1) is 6.92 Å². The number of piperazine rings is 1. The molecule has 0 saturated carbocycles. The van der Waals surface area contributed by atoms with Gasteiger partial charge in [-0.15, -0.1) is 0 Å². The van der Waals surface area contributed by atoms with Crippen LogP contribution in [0.25, 0.3) is 10.9 Å². The Labute approximate surface area is 160 Å². The van der Waals surface area contributed by atoms with Gasteiger partial charge >= 0.3 is 0 Å². The van der Waals surface area contributed by atoms with Gasteiger partial charge in [0.25, 0.3) is 5.91 Å². The molecule has 5 nitrogen and oxygen atoms in total. The number of nitrogens with zero attached hydrogens (tertiary/aromatic N) is 4. The Hall–Kier alpha value is -2.47. The fourth-order valence-corrected chi connectivity index (χ4v) is 3.53. The highest BCUT2D eigenvalue weighted by Crippen LogP contribution is 2.20. The van der Waals surface area contributed by atoms with Crippen molar-refractivity contribution < 1.29 is 4.79 Å². The molecule has 0 N–H and O–H groups in total. The number of pyridine rings is 2. The first-order valence-electron chi connectivity index (χ1n) is 8.64. The Morgan fingerprint density at radius 1 is 1.08 bits per heavy atom. The Morgan fingerprint density at radius 3 is 2.58 bits per heavy atom. The quantitative estimate of drug-likeness (QED) is 0.646. The molecular formula is C20H19BrN4O. The van der Waals surface area contributed by atoms with E-state index in [1.54, 1.807) is 6.20 Å². The van der Waals surface area contributed by atoms with Gasteiger partial charge in [0.15, 0.2) is 0 Å². The van der Waals surface area contributed by atoms with Crippen molar-refractivity contribution in [3.8, 4) is 0 Å². The Kier molecular flexibility index (Phi) is 4.59. The maximum absolute atomic E-state index is 13.0. The lowest BCUT2D eigenvalue weighted by Gasteiger charge is -2.35. The minimum Gasteiger partial charge on any atom is -0.353 e. The number of halogens is 1. The van der Waals surface area contributed by atoms with Crippen molar-refractivity contribution in [2.24, 2.45) is 0 Å². The SMILES string of the molecule is Cc1nc2ccccc2cc1C(=O)N1CCN(c2ccc(Br)cn2)CC1. The van der Waals surface area contributed by atoms with Crippen molar-refractivity contribution in [3.05, 3.63) is 64.4 Å². The smallest absolute Gasteiger partial charge is 0.255 e. The van der Waals surface area contributed by atoms with E-state index in [1.807, 2.05) is 54.3 Å². The lowest BCUT2D eigenvalue weighted by Crippen LogP contribution is -2.49. The molecule has 1 saturated heterocycles. The normalized spacial score (nSPS) is 14.7. The van der Waals surface area contributed by atoms with E-state index in [4.69, 9.17) is 0 Å². The van der Waals surface area contributed by atoms with Gasteiger partial charge < -0.3 is 9.80 Å². The monoisotopic (exact) mass is 410 g/mol. The van der Waals surface area contributed by atoms with Gasteiger partial charge in [0.2, 0.25) is 0 Å². The maximum atomic E-state index is 13.0. The number of aryl methyl sites for hydroxylation is 1. The van der Waals surface area contributed by atoms with Gasteiger partial charge in [-0.1, -0.05) is 18.2 Å². The van der Waals surface area contributed by atoms with E-state index in [0.29, 0.717) is 18.7 Å². The van der Waals surface area contributed by atoms with E-state index in [2.05, 4.69) is 30.8 Å². The van der Waals surface area contributed by atoms with Crippen LogP contribution in [0.5, 0.6) is 0 Å². The van der Waals surface area contributed by atoms with Crippen LogP contribution >= 0.6 is 15.9 Å². The summed E-state index contributed by atoms with van der Waals surface area (Å²) in [6.07, 6.45) is 1.80. The molecule has 0 unspecified atom stereocenters. The molecule has 3 aromatic rings. The molecular weight excluding hydrogens is 392 g/mol. The third kappa shape index (κ3) is 3.29. The summed E-state index contributed by atoms with van der Waals surface area (Å²) in [4.78, 5) is 26.2. The molecule has 2 aromatic heterocycles. The number of para-hydroxylation sites is 1. The molecule has 0 bridgehead atoms. The molecule has 4 rings (SSSR count). The number of anilines is 1. The number of benzene rings is 1. The third-order valence-corrected chi connectivity index (χ3v) is 5.22. The van der Waals surface area contributed by atoms with Crippen molar-refractivity contribution in [3.63, 3.8) is 0 Å². The average Bonchev–Trinajstić information content (AvgIpc) is 2.68. The number of rotatable bonds is 2. The number of hydrogen-bond acceptors (Lipinski definition) is 4. The minimum atomic E-state index is 0.0594. The highest BCUT2D eigenvalue weighted by atomic mass is 79.9. The first kappa shape index (κ1) is 17.0. The molecule has 132 valence electrons. The zero-order valence-corrected chi connectivity index (χ0v) is 16.1. The Bertz CT molecular complexity index is 950. The lowest BCUT2D eigenvalue weighted by atomic mass is 10.1. The van der Waals surface area contributed by atoms with Gasteiger partial charge in [0.1, 0.15) is 5.82 Å². The molecule has 1 fully saturated rings. The molecule has 3 heterocycles. The van der Waals surface area contributed by atoms with E-state index >= 15 is 0 Å². The zero-order chi connectivity index (χ0) is 18.1. The van der Waals surface area contributed by atoms with Crippen LogP contribution in [0.2, 0.25) is 0 Å². The van der Waals surface area contributed by atoms with Crippen LogP contribution in [-0.2, 0) is 0 Å². The summed E-state index contributed by atoms with van der Waals surface area (Å²) < 4.78 is 0.967. The van der Waals surface area contributed by atoms with Crippen molar-refractivity contribution >= 4 is 38.6 Å². The molecule has 1 aliphatic rings. The van der Waals surface area contributed by atoms with Crippen molar-refractivity contribution in [1.29, 1.82) is 0 Å². The second kappa shape index (κ2) is 7.03. The summed E-state index contributed by atoms with van der Waals surface area (Å²) in [5, 5.41) is 0.999. The van der Waals surface area contributed by atoms with Gasteiger partial charge in [-0.25, -0.2) is 4.98 Å². The first-order chi connectivity index (χ1) is 12.6.